The van der Waals surface area contributed by atoms with Crippen molar-refractivity contribution in [2.75, 3.05) is 19.4 Å². The number of hydrogen-bond acceptors (Lipinski definition) is 4. The lowest BCUT2D eigenvalue weighted by atomic mass is 10.1. The van der Waals surface area contributed by atoms with Gasteiger partial charge in [0.2, 0.25) is 0 Å². The van der Waals surface area contributed by atoms with Crippen LogP contribution in [-0.4, -0.2) is 29.2 Å². The molecule has 112 valence electrons. The highest BCUT2D eigenvalue weighted by atomic mass is 16.3. The van der Waals surface area contributed by atoms with Gasteiger partial charge in [0.15, 0.2) is 0 Å². The van der Waals surface area contributed by atoms with Crippen LogP contribution in [0.4, 0.5) is 5.69 Å². The molecule has 0 aliphatic rings. The third-order valence-electron chi connectivity index (χ3n) is 3.35. The van der Waals surface area contributed by atoms with Gasteiger partial charge in [-0.05, 0) is 50.8 Å². The molecule has 1 atom stereocenters. The Morgan fingerprint density at radius 1 is 1.10 bits per heavy atom. The Kier molecular flexibility index (Phi) is 4.70. The van der Waals surface area contributed by atoms with E-state index >= 15 is 0 Å². The van der Waals surface area contributed by atoms with Crippen molar-refractivity contribution in [1.29, 1.82) is 0 Å². The van der Waals surface area contributed by atoms with Crippen molar-refractivity contribution in [1.82, 2.24) is 4.90 Å². The van der Waals surface area contributed by atoms with Crippen molar-refractivity contribution in [3.05, 3.63) is 53.6 Å². The fraction of sp³-hybridized carbons (Fsp3) is 0.294. The maximum atomic E-state index is 9.94. The molecule has 0 spiro atoms. The van der Waals surface area contributed by atoms with Crippen LogP contribution in [0.1, 0.15) is 24.1 Å². The molecule has 1 unspecified atom stereocenters. The number of para-hydroxylation sites is 1. The van der Waals surface area contributed by atoms with E-state index in [2.05, 4.69) is 16.3 Å². The maximum Gasteiger partial charge on any atom is 0.121 e. The second kappa shape index (κ2) is 6.50. The summed E-state index contributed by atoms with van der Waals surface area (Å²) in [5, 5.41) is 22.9. The Labute approximate surface area is 125 Å². The zero-order chi connectivity index (χ0) is 15.4. The van der Waals surface area contributed by atoms with Crippen molar-refractivity contribution in [2.24, 2.45) is 0 Å². The number of anilines is 1. The standard InChI is InChI=1S/C17H22N2O2/c1-12(15-10-14(20)8-9-17(15)21)18-16-7-5-4-6-13(16)11-19(2)3/h4-10,12,18,20-21H,11H2,1-3H3. The molecule has 0 aromatic heterocycles. The van der Waals surface area contributed by atoms with E-state index in [1.165, 1.54) is 17.7 Å². The quantitative estimate of drug-likeness (QED) is 0.738. The molecule has 0 aliphatic heterocycles. The molecule has 0 saturated heterocycles. The van der Waals surface area contributed by atoms with Gasteiger partial charge in [0.25, 0.3) is 0 Å². The molecule has 0 saturated carbocycles. The molecule has 0 heterocycles. The number of phenols is 2. The first-order valence-corrected chi connectivity index (χ1v) is 6.98. The van der Waals surface area contributed by atoms with Crippen LogP contribution in [0, 0.1) is 0 Å². The summed E-state index contributed by atoms with van der Waals surface area (Å²) in [7, 11) is 4.06. The Bertz CT molecular complexity index is 611. The third kappa shape index (κ3) is 3.89. The van der Waals surface area contributed by atoms with Crippen LogP contribution < -0.4 is 5.32 Å². The van der Waals surface area contributed by atoms with Crippen LogP contribution in [0.25, 0.3) is 0 Å². The minimum Gasteiger partial charge on any atom is -0.508 e. The van der Waals surface area contributed by atoms with Crippen LogP contribution in [0.5, 0.6) is 11.5 Å². The van der Waals surface area contributed by atoms with Gasteiger partial charge >= 0.3 is 0 Å². The zero-order valence-electron chi connectivity index (χ0n) is 12.7. The van der Waals surface area contributed by atoms with E-state index in [-0.39, 0.29) is 17.5 Å². The van der Waals surface area contributed by atoms with E-state index < -0.39 is 0 Å². The molecule has 0 bridgehead atoms. The van der Waals surface area contributed by atoms with Gasteiger partial charge in [0, 0.05) is 17.8 Å². The van der Waals surface area contributed by atoms with Crippen LogP contribution in [0.2, 0.25) is 0 Å². The fourth-order valence-corrected chi connectivity index (χ4v) is 2.34. The molecule has 4 heteroatoms. The second-order valence-electron chi connectivity index (χ2n) is 5.50. The van der Waals surface area contributed by atoms with Gasteiger partial charge in [-0.15, -0.1) is 0 Å². The predicted molar refractivity (Wildman–Crippen MR) is 85.6 cm³/mol. The average molecular weight is 286 g/mol. The zero-order valence-corrected chi connectivity index (χ0v) is 12.7. The monoisotopic (exact) mass is 286 g/mol. The Hall–Kier alpha value is -2.20. The van der Waals surface area contributed by atoms with Gasteiger partial charge in [-0.3, -0.25) is 0 Å². The van der Waals surface area contributed by atoms with Crippen molar-refractivity contribution >= 4 is 5.69 Å². The molecule has 2 aromatic rings. The Morgan fingerprint density at radius 3 is 2.52 bits per heavy atom. The third-order valence-corrected chi connectivity index (χ3v) is 3.35. The van der Waals surface area contributed by atoms with Crippen LogP contribution in [-0.2, 0) is 6.54 Å². The SMILES string of the molecule is CC(Nc1ccccc1CN(C)C)c1cc(O)ccc1O. The van der Waals surface area contributed by atoms with Gasteiger partial charge in [0.05, 0.1) is 6.04 Å². The molecule has 4 nitrogen and oxygen atoms in total. The first kappa shape index (κ1) is 15.2. The van der Waals surface area contributed by atoms with Crippen molar-refractivity contribution in [3.8, 4) is 11.5 Å². The number of nitrogens with zero attached hydrogens (tertiary/aromatic N) is 1. The van der Waals surface area contributed by atoms with Crippen molar-refractivity contribution in [2.45, 2.75) is 19.5 Å². The number of aromatic hydroxyl groups is 2. The molecule has 0 amide bonds. The molecule has 0 aliphatic carbocycles. The topological polar surface area (TPSA) is 55.7 Å². The highest BCUT2D eigenvalue weighted by Crippen LogP contribution is 2.31. The van der Waals surface area contributed by atoms with Crippen molar-refractivity contribution < 1.29 is 10.2 Å². The predicted octanol–water partition coefficient (Wildman–Crippen LogP) is 3.33. The summed E-state index contributed by atoms with van der Waals surface area (Å²) in [5.41, 5.74) is 2.89. The fourth-order valence-electron chi connectivity index (χ4n) is 2.34. The number of phenolic OH excluding ortho intramolecular Hbond substituents is 2. The van der Waals surface area contributed by atoms with Crippen molar-refractivity contribution in [3.63, 3.8) is 0 Å². The summed E-state index contributed by atoms with van der Waals surface area (Å²) in [6, 6.07) is 12.6. The highest BCUT2D eigenvalue weighted by Gasteiger charge is 2.13. The van der Waals surface area contributed by atoms with Gasteiger partial charge in [-0.25, -0.2) is 0 Å². The van der Waals surface area contributed by atoms with Gasteiger partial charge in [-0.2, -0.15) is 0 Å². The van der Waals surface area contributed by atoms with E-state index in [9.17, 15) is 10.2 Å². The highest BCUT2D eigenvalue weighted by molar-refractivity contribution is 5.54. The lowest BCUT2D eigenvalue weighted by molar-refractivity contribution is 0.403. The molecule has 0 radical (unpaired) electrons. The summed E-state index contributed by atoms with van der Waals surface area (Å²) in [6.07, 6.45) is 0. The Balaban J connectivity index is 2.23. The normalized spacial score (nSPS) is 12.4. The summed E-state index contributed by atoms with van der Waals surface area (Å²) < 4.78 is 0. The smallest absolute Gasteiger partial charge is 0.121 e. The van der Waals surface area contributed by atoms with E-state index in [0.717, 1.165) is 12.2 Å². The largest absolute Gasteiger partial charge is 0.508 e. The summed E-state index contributed by atoms with van der Waals surface area (Å²) in [5.74, 6) is 0.330. The molecular formula is C17H22N2O2. The minimum atomic E-state index is -0.111. The van der Waals surface area contributed by atoms with E-state index in [1.54, 1.807) is 6.07 Å². The van der Waals surface area contributed by atoms with Gasteiger partial charge in [0.1, 0.15) is 11.5 Å². The number of benzene rings is 2. The second-order valence-corrected chi connectivity index (χ2v) is 5.50. The molecule has 3 N–H and O–H groups in total. The number of hydrogen-bond donors (Lipinski definition) is 3. The van der Waals surface area contributed by atoms with Gasteiger partial charge in [-0.1, -0.05) is 18.2 Å². The van der Waals surface area contributed by atoms with E-state index in [4.69, 9.17) is 0 Å². The molecule has 2 aromatic carbocycles. The van der Waals surface area contributed by atoms with Gasteiger partial charge < -0.3 is 20.4 Å². The lowest BCUT2D eigenvalue weighted by Crippen LogP contribution is -2.14. The molecule has 2 rings (SSSR count). The summed E-state index contributed by atoms with van der Waals surface area (Å²) in [4.78, 5) is 2.11. The van der Waals surface area contributed by atoms with Crippen LogP contribution in [0.3, 0.4) is 0 Å². The molecule has 0 fully saturated rings. The lowest BCUT2D eigenvalue weighted by Gasteiger charge is -2.21. The molecule has 21 heavy (non-hydrogen) atoms. The van der Waals surface area contributed by atoms with E-state index in [0.29, 0.717) is 5.56 Å². The van der Waals surface area contributed by atoms with Crippen LogP contribution in [0.15, 0.2) is 42.5 Å². The van der Waals surface area contributed by atoms with Crippen LogP contribution >= 0.6 is 0 Å². The number of rotatable bonds is 5. The van der Waals surface area contributed by atoms with E-state index in [1.807, 2.05) is 39.2 Å². The summed E-state index contributed by atoms with van der Waals surface area (Å²) in [6.45, 7) is 2.79. The first-order valence-electron chi connectivity index (χ1n) is 6.98. The summed E-state index contributed by atoms with van der Waals surface area (Å²) >= 11 is 0. The average Bonchev–Trinajstić information content (AvgIpc) is 2.43. The minimum absolute atomic E-state index is 0.111. The number of nitrogens with one attached hydrogen (secondary N) is 1. The molecular weight excluding hydrogens is 264 g/mol. The Morgan fingerprint density at radius 2 is 1.81 bits per heavy atom. The maximum absolute atomic E-state index is 9.94. The first-order chi connectivity index (χ1) is 9.97.